The van der Waals surface area contributed by atoms with Gasteiger partial charge in [0.2, 0.25) is 0 Å². The Bertz CT molecular complexity index is 290. The fourth-order valence-electron chi connectivity index (χ4n) is 3.04. The van der Waals surface area contributed by atoms with Crippen LogP contribution in [0, 0.1) is 5.41 Å². The normalized spacial score (nSPS) is 24.4. The highest BCUT2D eigenvalue weighted by Gasteiger charge is 2.47. The van der Waals surface area contributed by atoms with Gasteiger partial charge in [-0.05, 0) is 56.7 Å². The lowest BCUT2D eigenvalue weighted by atomic mass is 9.59. The Kier molecular flexibility index (Phi) is 3.69. The van der Waals surface area contributed by atoms with Crippen molar-refractivity contribution in [3.05, 3.63) is 0 Å². The average molecular weight is 260 g/mol. The number of esters is 1. The van der Waals surface area contributed by atoms with Crippen molar-refractivity contribution in [2.45, 2.75) is 70.4 Å². The van der Waals surface area contributed by atoms with E-state index >= 15 is 0 Å². The molecule has 98 valence electrons. The van der Waals surface area contributed by atoms with E-state index < -0.39 is 5.54 Å². The number of ether oxygens (including phenoxy) is 1. The lowest BCUT2D eigenvalue weighted by Gasteiger charge is -2.49. The molecule has 0 aromatic rings. The average Bonchev–Trinajstić information content (AvgIpc) is 2.28. The SMILES string of the molecule is CC(C)(NCl)C(=O)OC1CC2(CCCCC2)C1. The number of carbonyl (C=O) groups excluding carboxylic acids is 1. The Morgan fingerprint density at radius 2 is 1.88 bits per heavy atom. The summed E-state index contributed by atoms with van der Waals surface area (Å²) < 4.78 is 5.48. The summed E-state index contributed by atoms with van der Waals surface area (Å²) in [6, 6.07) is 0. The molecular weight excluding hydrogens is 238 g/mol. The van der Waals surface area contributed by atoms with E-state index in [-0.39, 0.29) is 12.1 Å². The first kappa shape index (κ1) is 13.2. The van der Waals surface area contributed by atoms with Gasteiger partial charge in [-0.15, -0.1) is 0 Å². The summed E-state index contributed by atoms with van der Waals surface area (Å²) in [6.45, 7) is 3.47. The van der Waals surface area contributed by atoms with E-state index in [0.717, 1.165) is 12.8 Å². The molecule has 2 fully saturated rings. The molecule has 2 rings (SSSR count). The van der Waals surface area contributed by atoms with Gasteiger partial charge < -0.3 is 4.74 Å². The van der Waals surface area contributed by atoms with E-state index in [2.05, 4.69) is 4.84 Å². The topological polar surface area (TPSA) is 38.3 Å². The fraction of sp³-hybridized carbons (Fsp3) is 0.923. The maximum absolute atomic E-state index is 11.8. The van der Waals surface area contributed by atoms with Crippen LogP contribution in [0.2, 0.25) is 0 Å². The van der Waals surface area contributed by atoms with Crippen LogP contribution in [0.15, 0.2) is 0 Å². The minimum absolute atomic E-state index is 0.116. The van der Waals surface area contributed by atoms with Crippen molar-refractivity contribution in [3.8, 4) is 0 Å². The first-order chi connectivity index (χ1) is 7.97. The molecule has 1 spiro atoms. The molecular formula is C13H22ClNO2. The second-order valence-electron chi connectivity index (χ2n) is 6.22. The van der Waals surface area contributed by atoms with Crippen LogP contribution in [-0.2, 0) is 9.53 Å². The molecule has 0 bridgehead atoms. The number of hydrogen-bond acceptors (Lipinski definition) is 3. The lowest BCUT2D eigenvalue weighted by Crippen LogP contribution is -2.50. The highest BCUT2D eigenvalue weighted by Crippen LogP contribution is 2.52. The zero-order chi connectivity index (χ0) is 12.5. The molecule has 0 aliphatic heterocycles. The lowest BCUT2D eigenvalue weighted by molar-refractivity contribution is -0.169. The smallest absolute Gasteiger partial charge is 0.327 e. The minimum atomic E-state index is -0.795. The van der Waals surface area contributed by atoms with Gasteiger partial charge in [0.1, 0.15) is 11.6 Å². The molecule has 0 atom stereocenters. The summed E-state index contributed by atoms with van der Waals surface area (Å²) in [6.07, 6.45) is 8.91. The molecule has 17 heavy (non-hydrogen) atoms. The molecule has 3 nitrogen and oxygen atoms in total. The zero-order valence-corrected chi connectivity index (χ0v) is 11.5. The van der Waals surface area contributed by atoms with E-state index in [4.69, 9.17) is 16.5 Å². The zero-order valence-electron chi connectivity index (χ0n) is 10.7. The van der Waals surface area contributed by atoms with Gasteiger partial charge in [-0.1, -0.05) is 19.3 Å². The van der Waals surface area contributed by atoms with Crippen molar-refractivity contribution in [2.75, 3.05) is 0 Å². The van der Waals surface area contributed by atoms with Gasteiger partial charge >= 0.3 is 5.97 Å². The van der Waals surface area contributed by atoms with E-state index in [1.807, 2.05) is 0 Å². The molecule has 0 saturated heterocycles. The quantitative estimate of drug-likeness (QED) is 0.625. The highest BCUT2D eigenvalue weighted by atomic mass is 35.5. The van der Waals surface area contributed by atoms with Crippen molar-refractivity contribution in [3.63, 3.8) is 0 Å². The van der Waals surface area contributed by atoms with Gasteiger partial charge in [0, 0.05) is 0 Å². The van der Waals surface area contributed by atoms with Crippen molar-refractivity contribution in [2.24, 2.45) is 5.41 Å². The minimum Gasteiger partial charge on any atom is -0.461 e. The maximum Gasteiger partial charge on any atom is 0.327 e. The third-order valence-corrected chi connectivity index (χ3v) is 4.73. The summed E-state index contributed by atoms with van der Waals surface area (Å²) in [7, 11) is 0. The van der Waals surface area contributed by atoms with Crippen LogP contribution in [0.25, 0.3) is 0 Å². The van der Waals surface area contributed by atoms with Gasteiger partial charge in [0.05, 0.1) is 0 Å². The molecule has 4 heteroatoms. The third kappa shape index (κ3) is 2.76. The summed E-state index contributed by atoms with van der Waals surface area (Å²) >= 11 is 5.52. The fourth-order valence-corrected chi connectivity index (χ4v) is 3.11. The number of hydrogen-bond donors (Lipinski definition) is 1. The van der Waals surface area contributed by atoms with Crippen LogP contribution in [-0.4, -0.2) is 17.6 Å². The van der Waals surface area contributed by atoms with E-state index in [9.17, 15) is 4.79 Å². The van der Waals surface area contributed by atoms with Crippen molar-refractivity contribution in [1.29, 1.82) is 0 Å². The van der Waals surface area contributed by atoms with Gasteiger partial charge in [-0.2, -0.15) is 0 Å². The van der Waals surface area contributed by atoms with Crippen molar-refractivity contribution < 1.29 is 9.53 Å². The Hall–Kier alpha value is -0.280. The molecule has 0 heterocycles. The van der Waals surface area contributed by atoms with Crippen LogP contribution in [0.3, 0.4) is 0 Å². The standard InChI is InChI=1S/C13H22ClNO2/c1-12(2,15-14)11(16)17-10-8-13(9-10)6-4-3-5-7-13/h10,15H,3-9H2,1-2H3. The van der Waals surface area contributed by atoms with E-state index in [1.54, 1.807) is 13.8 Å². The molecule has 2 aliphatic rings. The number of carbonyl (C=O) groups is 1. The molecule has 2 saturated carbocycles. The second-order valence-corrected chi connectivity index (χ2v) is 6.40. The van der Waals surface area contributed by atoms with Crippen molar-refractivity contribution in [1.82, 2.24) is 4.84 Å². The van der Waals surface area contributed by atoms with Gasteiger partial charge in [0.25, 0.3) is 0 Å². The Balaban J connectivity index is 1.78. The Labute approximate surface area is 108 Å². The van der Waals surface area contributed by atoms with Gasteiger partial charge in [0.15, 0.2) is 0 Å². The summed E-state index contributed by atoms with van der Waals surface area (Å²) in [4.78, 5) is 14.3. The molecule has 1 N–H and O–H groups in total. The molecule has 0 radical (unpaired) electrons. The monoisotopic (exact) mass is 259 g/mol. The first-order valence-corrected chi connectivity index (χ1v) is 6.94. The van der Waals surface area contributed by atoms with Gasteiger partial charge in [-0.3, -0.25) is 4.79 Å². The molecule has 0 amide bonds. The first-order valence-electron chi connectivity index (χ1n) is 6.56. The highest BCUT2D eigenvalue weighted by molar-refractivity contribution is 6.15. The third-order valence-electron chi connectivity index (χ3n) is 4.26. The van der Waals surface area contributed by atoms with Crippen LogP contribution in [0.5, 0.6) is 0 Å². The number of halogens is 1. The Morgan fingerprint density at radius 3 is 2.41 bits per heavy atom. The molecule has 0 aromatic heterocycles. The molecule has 0 aromatic carbocycles. The summed E-state index contributed by atoms with van der Waals surface area (Å²) in [5, 5.41) is 0. The van der Waals surface area contributed by atoms with Crippen LogP contribution in [0.4, 0.5) is 0 Å². The van der Waals surface area contributed by atoms with E-state index in [1.165, 1.54) is 32.1 Å². The van der Waals surface area contributed by atoms with Crippen LogP contribution in [0.1, 0.15) is 58.8 Å². The van der Waals surface area contributed by atoms with E-state index in [0.29, 0.717) is 5.41 Å². The van der Waals surface area contributed by atoms with Crippen LogP contribution >= 0.6 is 11.8 Å². The summed E-state index contributed by atoms with van der Waals surface area (Å²) in [5.74, 6) is -0.247. The Morgan fingerprint density at radius 1 is 1.29 bits per heavy atom. The molecule has 0 unspecified atom stereocenters. The summed E-state index contributed by atoms with van der Waals surface area (Å²) in [5.41, 5.74) is -0.293. The predicted octanol–water partition coefficient (Wildman–Crippen LogP) is 3.16. The molecule has 2 aliphatic carbocycles. The van der Waals surface area contributed by atoms with Crippen molar-refractivity contribution >= 4 is 17.7 Å². The van der Waals surface area contributed by atoms with Crippen LogP contribution < -0.4 is 4.84 Å². The number of rotatable bonds is 3. The number of nitrogens with one attached hydrogen (secondary N) is 1. The predicted molar refractivity (Wildman–Crippen MR) is 67.7 cm³/mol. The van der Waals surface area contributed by atoms with Gasteiger partial charge in [-0.25, -0.2) is 4.84 Å². The second kappa shape index (κ2) is 4.77. The maximum atomic E-state index is 11.8. The largest absolute Gasteiger partial charge is 0.461 e.